The van der Waals surface area contributed by atoms with Crippen LogP contribution in [-0.2, 0) is 4.74 Å². The summed E-state index contributed by atoms with van der Waals surface area (Å²) < 4.78 is 9.52. The Kier molecular flexibility index (Phi) is 3.49. The van der Waals surface area contributed by atoms with Crippen molar-refractivity contribution in [3.63, 3.8) is 0 Å². The highest BCUT2D eigenvalue weighted by atomic mass is 32.1. The van der Waals surface area contributed by atoms with Crippen molar-refractivity contribution in [3.05, 3.63) is 46.4 Å². The molecule has 0 saturated carbocycles. The maximum absolute atomic E-state index is 12.3. The van der Waals surface area contributed by atoms with Gasteiger partial charge >= 0.3 is 5.97 Å². The molecule has 0 radical (unpaired) electrons. The third-order valence-electron chi connectivity index (χ3n) is 2.91. The summed E-state index contributed by atoms with van der Waals surface area (Å²) in [5.41, 5.74) is 1.46. The minimum Gasteiger partial charge on any atom is -0.462 e. The summed E-state index contributed by atoms with van der Waals surface area (Å²) >= 11 is 1.04. The number of H-pyrrole nitrogens is 1. The van der Waals surface area contributed by atoms with E-state index in [2.05, 4.69) is 14.3 Å². The number of pyridine rings is 2. The van der Waals surface area contributed by atoms with Crippen molar-refractivity contribution in [2.24, 2.45) is 0 Å². The predicted octanol–water partition coefficient (Wildman–Crippen LogP) is 2.22. The lowest BCUT2D eigenvalue weighted by molar-refractivity contribution is 0.0524. The summed E-state index contributed by atoms with van der Waals surface area (Å²) in [6, 6.07) is 5.46. The average Bonchev–Trinajstić information content (AvgIpc) is 2.93. The van der Waals surface area contributed by atoms with Crippen LogP contribution in [0.2, 0.25) is 0 Å². The van der Waals surface area contributed by atoms with Crippen LogP contribution in [0.15, 0.2) is 35.4 Å². The average molecular weight is 301 g/mol. The Hall–Kier alpha value is -2.54. The van der Waals surface area contributed by atoms with Crippen LogP contribution in [0.4, 0.5) is 0 Å². The second-order valence-corrected chi connectivity index (χ2v) is 4.98. The number of ether oxygens (including phenoxy) is 1. The first-order chi connectivity index (χ1) is 10.2. The molecular formula is C14H11N3O3S. The van der Waals surface area contributed by atoms with Crippen molar-refractivity contribution in [1.82, 2.24) is 14.3 Å². The molecule has 0 aromatic carbocycles. The minimum absolute atomic E-state index is 0.0134. The molecular weight excluding hydrogens is 290 g/mol. The summed E-state index contributed by atoms with van der Waals surface area (Å²) in [5.74, 6) is -0.631. The van der Waals surface area contributed by atoms with Crippen molar-refractivity contribution in [1.29, 1.82) is 0 Å². The fourth-order valence-corrected chi connectivity index (χ4v) is 2.76. The number of nitrogens with zero attached hydrogens (tertiary/aromatic N) is 2. The molecule has 6 nitrogen and oxygen atoms in total. The summed E-state index contributed by atoms with van der Waals surface area (Å²) in [6.45, 7) is 1.91. The number of esters is 1. The molecule has 0 unspecified atom stereocenters. The van der Waals surface area contributed by atoms with E-state index in [1.807, 2.05) is 12.1 Å². The number of hydrogen-bond acceptors (Lipinski definition) is 6. The summed E-state index contributed by atoms with van der Waals surface area (Å²) in [6.07, 6.45) is 3.02. The van der Waals surface area contributed by atoms with E-state index in [0.717, 1.165) is 11.5 Å². The molecule has 0 aliphatic heterocycles. The molecule has 0 aliphatic carbocycles. The van der Waals surface area contributed by atoms with Gasteiger partial charge in [-0.3, -0.25) is 9.78 Å². The first-order valence-corrected chi connectivity index (χ1v) is 7.09. The maximum Gasteiger partial charge on any atom is 0.343 e. The van der Waals surface area contributed by atoms with Gasteiger partial charge in [-0.25, -0.2) is 4.79 Å². The second-order valence-electron chi connectivity index (χ2n) is 4.20. The number of carbonyl (C=O) groups is 1. The first kappa shape index (κ1) is 13.4. The lowest BCUT2D eigenvalue weighted by atomic mass is 10.2. The Morgan fingerprint density at radius 1 is 1.43 bits per heavy atom. The molecule has 0 aliphatic rings. The molecule has 3 heterocycles. The quantitative estimate of drug-likeness (QED) is 0.750. The maximum atomic E-state index is 12.3. The van der Waals surface area contributed by atoms with E-state index < -0.39 is 5.97 Å². The normalized spacial score (nSPS) is 10.7. The number of carbonyl (C=O) groups excluding carboxylic acids is 1. The van der Waals surface area contributed by atoms with Gasteiger partial charge in [-0.15, -0.1) is 0 Å². The SMILES string of the molecule is CCOC(=O)c1c[nH]c2c(-c3ccccn3)nsc2c1=O. The molecule has 3 rings (SSSR count). The summed E-state index contributed by atoms with van der Waals surface area (Å²) in [4.78, 5) is 31.2. The van der Waals surface area contributed by atoms with Gasteiger partial charge in [0.15, 0.2) is 0 Å². The first-order valence-electron chi connectivity index (χ1n) is 6.32. The van der Waals surface area contributed by atoms with Crippen LogP contribution in [0.25, 0.3) is 21.6 Å². The summed E-state index contributed by atoms with van der Waals surface area (Å²) in [5, 5.41) is 0. The van der Waals surface area contributed by atoms with Gasteiger partial charge in [0.25, 0.3) is 0 Å². The zero-order valence-electron chi connectivity index (χ0n) is 11.1. The molecule has 0 atom stereocenters. The topological polar surface area (TPSA) is 84.9 Å². The Balaban J connectivity index is 2.16. The highest BCUT2D eigenvalue weighted by molar-refractivity contribution is 7.13. The molecule has 106 valence electrons. The number of aromatic nitrogens is 3. The molecule has 1 N–H and O–H groups in total. The van der Waals surface area contributed by atoms with Crippen LogP contribution in [0.3, 0.4) is 0 Å². The molecule has 0 spiro atoms. The van der Waals surface area contributed by atoms with Gasteiger partial charge in [-0.2, -0.15) is 4.37 Å². The fourth-order valence-electron chi connectivity index (χ4n) is 1.95. The monoisotopic (exact) mass is 301 g/mol. The largest absolute Gasteiger partial charge is 0.462 e. The molecule has 3 aromatic heterocycles. The van der Waals surface area contributed by atoms with Gasteiger partial charge in [0, 0.05) is 12.4 Å². The predicted molar refractivity (Wildman–Crippen MR) is 79.4 cm³/mol. The van der Waals surface area contributed by atoms with Crippen LogP contribution in [-0.4, -0.2) is 26.9 Å². The number of fused-ring (bicyclic) bond motifs is 1. The summed E-state index contributed by atoms with van der Waals surface area (Å²) in [7, 11) is 0. The van der Waals surface area contributed by atoms with E-state index in [0.29, 0.717) is 21.6 Å². The van der Waals surface area contributed by atoms with Crippen LogP contribution < -0.4 is 5.43 Å². The van der Waals surface area contributed by atoms with Crippen molar-refractivity contribution in [2.75, 3.05) is 6.61 Å². The Labute approximate surface area is 123 Å². The smallest absolute Gasteiger partial charge is 0.343 e. The minimum atomic E-state index is -0.631. The molecule has 21 heavy (non-hydrogen) atoms. The number of nitrogens with one attached hydrogen (secondary N) is 1. The third-order valence-corrected chi connectivity index (χ3v) is 3.75. The van der Waals surface area contributed by atoms with Gasteiger partial charge in [-0.05, 0) is 30.6 Å². The van der Waals surface area contributed by atoms with Gasteiger partial charge in [0.05, 0.1) is 17.8 Å². The van der Waals surface area contributed by atoms with Crippen molar-refractivity contribution in [3.8, 4) is 11.4 Å². The zero-order chi connectivity index (χ0) is 14.8. The van der Waals surface area contributed by atoms with E-state index in [1.165, 1.54) is 6.20 Å². The number of rotatable bonds is 3. The Morgan fingerprint density at radius 2 is 2.29 bits per heavy atom. The van der Waals surface area contributed by atoms with Gasteiger partial charge in [-0.1, -0.05) is 6.07 Å². The lowest BCUT2D eigenvalue weighted by Gasteiger charge is -2.01. The standard InChI is InChI=1S/C14H11N3O3S/c1-2-20-14(19)8-7-16-11-10(9-5-3-4-6-15-9)17-21-13(11)12(8)18/h3-7H,2H2,1H3,(H,16,18). The number of aromatic amines is 1. The molecule has 0 fully saturated rings. The van der Waals surface area contributed by atoms with E-state index in [4.69, 9.17) is 4.74 Å². The van der Waals surface area contributed by atoms with Crippen LogP contribution in [0.5, 0.6) is 0 Å². The van der Waals surface area contributed by atoms with Crippen LogP contribution in [0.1, 0.15) is 17.3 Å². The molecule has 0 amide bonds. The molecule has 0 saturated heterocycles. The second kappa shape index (κ2) is 5.45. The highest BCUT2D eigenvalue weighted by Gasteiger charge is 2.18. The van der Waals surface area contributed by atoms with Gasteiger partial charge in [0.2, 0.25) is 5.43 Å². The van der Waals surface area contributed by atoms with Gasteiger partial charge in [0.1, 0.15) is 16.0 Å². The van der Waals surface area contributed by atoms with Gasteiger partial charge < -0.3 is 9.72 Å². The third kappa shape index (κ3) is 2.31. The Bertz CT molecular complexity index is 855. The highest BCUT2D eigenvalue weighted by Crippen LogP contribution is 2.25. The fraction of sp³-hybridized carbons (Fsp3) is 0.143. The van der Waals surface area contributed by atoms with E-state index in [-0.39, 0.29) is 17.6 Å². The van der Waals surface area contributed by atoms with E-state index in [1.54, 1.807) is 19.2 Å². The van der Waals surface area contributed by atoms with Crippen molar-refractivity contribution < 1.29 is 9.53 Å². The number of hydrogen-bond donors (Lipinski definition) is 1. The molecule has 0 bridgehead atoms. The van der Waals surface area contributed by atoms with Crippen LogP contribution >= 0.6 is 11.5 Å². The van der Waals surface area contributed by atoms with E-state index >= 15 is 0 Å². The molecule has 3 aromatic rings. The Morgan fingerprint density at radius 3 is 3.00 bits per heavy atom. The van der Waals surface area contributed by atoms with E-state index in [9.17, 15) is 9.59 Å². The van der Waals surface area contributed by atoms with Crippen molar-refractivity contribution >= 4 is 27.7 Å². The van der Waals surface area contributed by atoms with Crippen molar-refractivity contribution in [2.45, 2.75) is 6.92 Å². The molecule has 7 heteroatoms. The lowest BCUT2D eigenvalue weighted by Crippen LogP contribution is -2.17. The van der Waals surface area contributed by atoms with Crippen LogP contribution in [0, 0.1) is 0 Å². The zero-order valence-corrected chi connectivity index (χ0v) is 11.9.